The number of aliphatic hydroxyl groups excluding tert-OH is 3. The van der Waals surface area contributed by atoms with Crippen LogP contribution in [0, 0.1) is 45.3 Å². The van der Waals surface area contributed by atoms with E-state index >= 15 is 0 Å². The molecule has 4 fully saturated rings. The van der Waals surface area contributed by atoms with E-state index in [0.29, 0.717) is 11.8 Å². The summed E-state index contributed by atoms with van der Waals surface area (Å²) in [6.45, 7) is 15.3. The highest BCUT2D eigenvalue weighted by Gasteiger charge is 2.68. The zero-order valence-corrected chi connectivity index (χ0v) is 22.9. The lowest BCUT2D eigenvalue weighted by Crippen LogP contribution is -2.63. The Kier molecular flexibility index (Phi) is 5.83. The lowest BCUT2D eigenvalue weighted by molar-refractivity contribution is -0.176. The second kappa shape index (κ2) is 7.88. The summed E-state index contributed by atoms with van der Waals surface area (Å²) in [6, 6.07) is 0. The van der Waals surface area contributed by atoms with Crippen LogP contribution in [0.4, 0.5) is 0 Å². The number of ketones is 1. The number of hydrogen-bond acceptors (Lipinski definition) is 5. The average Bonchev–Trinajstić information content (AvgIpc) is 3.33. The lowest BCUT2D eigenvalue weighted by Gasteiger charge is -2.64. The van der Waals surface area contributed by atoms with Gasteiger partial charge in [0, 0.05) is 11.8 Å². The molecule has 198 valence electrons. The molecule has 0 aromatic carbocycles. The molecule has 3 N–H and O–H groups in total. The van der Waals surface area contributed by atoms with Crippen LogP contribution in [0.5, 0.6) is 0 Å². The number of epoxide rings is 1. The molecular formula is C30H48O5. The van der Waals surface area contributed by atoms with E-state index in [1.165, 1.54) is 5.57 Å². The molecule has 0 aromatic heterocycles. The maximum absolute atomic E-state index is 12.9. The number of ether oxygens (including phenoxy) is 1. The fourth-order valence-corrected chi connectivity index (χ4v) is 9.98. The van der Waals surface area contributed by atoms with Crippen molar-refractivity contribution in [2.75, 3.05) is 6.61 Å². The van der Waals surface area contributed by atoms with Crippen molar-refractivity contribution in [3.8, 4) is 0 Å². The van der Waals surface area contributed by atoms with Gasteiger partial charge in [-0.05, 0) is 86.9 Å². The standard InChI is InChI=1S/C30H48O5/c1-17(14-21(32)25-26(2,3)35-25)18-10-12-29(6)19-8-9-22-27(4,16-31)23(33)15-24(34)30(22,7)20(19)11-13-28(18,29)5/h8,17-18,20-22,24-25,31-32,34H,9-16H2,1-7H3/t17-,18-,20-,21+,22-,24+,25-,27+,28-,29+,30+/m0/s1. The maximum Gasteiger partial charge on any atom is 0.143 e. The Morgan fingerprint density at radius 2 is 1.77 bits per heavy atom. The summed E-state index contributed by atoms with van der Waals surface area (Å²) in [4.78, 5) is 12.9. The predicted octanol–water partition coefficient (Wildman–Crippen LogP) is 4.67. The molecule has 4 aliphatic carbocycles. The molecule has 1 saturated heterocycles. The van der Waals surface area contributed by atoms with Crippen molar-refractivity contribution in [1.82, 2.24) is 0 Å². The molecule has 0 amide bonds. The van der Waals surface area contributed by atoms with Gasteiger partial charge < -0.3 is 20.1 Å². The highest BCUT2D eigenvalue weighted by molar-refractivity contribution is 5.87. The van der Waals surface area contributed by atoms with Gasteiger partial charge in [-0.3, -0.25) is 4.79 Å². The van der Waals surface area contributed by atoms with Gasteiger partial charge in [-0.1, -0.05) is 46.3 Å². The number of carbonyl (C=O) groups excluding carboxylic acids is 1. The van der Waals surface area contributed by atoms with Crippen molar-refractivity contribution < 1.29 is 24.9 Å². The second-order valence-electron chi connectivity index (χ2n) is 14.4. The van der Waals surface area contributed by atoms with Crippen molar-refractivity contribution >= 4 is 5.78 Å². The molecule has 11 atom stereocenters. The molecule has 1 heterocycles. The van der Waals surface area contributed by atoms with Crippen molar-refractivity contribution in [3.05, 3.63) is 11.6 Å². The van der Waals surface area contributed by atoms with Crippen molar-refractivity contribution in [2.24, 2.45) is 45.3 Å². The molecule has 0 aromatic rings. The zero-order chi connectivity index (χ0) is 25.8. The van der Waals surface area contributed by atoms with Gasteiger partial charge >= 0.3 is 0 Å². The normalized spacial score (nSPS) is 52.1. The minimum atomic E-state index is -0.779. The predicted molar refractivity (Wildman–Crippen MR) is 136 cm³/mol. The van der Waals surface area contributed by atoms with E-state index in [4.69, 9.17) is 4.74 Å². The summed E-state index contributed by atoms with van der Waals surface area (Å²) in [5, 5.41) is 32.5. The largest absolute Gasteiger partial charge is 0.395 e. The maximum atomic E-state index is 12.9. The fourth-order valence-electron chi connectivity index (χ4n) is 9.98. The van der Waals surface area contributed by atoms with Gasteiger partial charge in [0.05, 0.1) is 29.8 Å². The number of aliphatic hydroxyl groups is 3. The summed E-state index contributed by atoms with van der Waals surface area (Å²) in [7, 11) is 0. The number of carbonyl (C=O) groups is 1. The molecule has 5 aliphatic rings. The quantitative estimate of drug-likeness (QED) is 0.387. The number of hydrogen-bond donors (Lipinski definition) is 3. The first-order valence-corrected chi connectivity index (χ1v) is 14.1. The third-order valence-electron chi connectivity index (χ3n) is 12.6. The molecule has 0 bridgehead atoms. The van der Waals surface area contributed by atoms with Crippen LogP contribution in [-0.4, -0.2) is 51.6 Å². The Balaban J connectivity index is 1.44. The highest BCUT2D eigenvalue weighted by atomic mass is 16.6. The van der Waals surface area contributed by atoms with Crippen LogP contribution >= 0.6 is 0 Å². The number of allylic oxidation sites excluding steroid dienone is 2. The average molecular weight is 489 g/mol. The van der Waals surface area contributed by atoms with Crippen LogP contribution in [0.25, 0.3) is 0 Å². The summed E-state index contributed by atoms with van der Waals surface area (Å²) in [5.41, 5.74) is 0.330. The minimum absolute atomic E-state index is 0.00909. The Bertz CT molecular complexity index is 926. The first kappa shape index (κ1) is 25.9. The molecular weight excluding hydrogens is 440 g/mol. The van der Waals surface area contributed by atoms with E-state index in [-0.39, 0.29) is 53.2 Å². The Labute approximate surface area is 211 Å². The van der Waals surface area contributed by atoms with Crippen LogP contribution in [0.1, 0.15) is 93.4 Å². The van der Waals surface area contributed by atoms with Crippen LogP contribution in [0.15, 0.2) is 11.6 Å². The summed E-state index contributed by atoms with van der Waals surface area (Å²) in [6.07, 6.45) is 7.39. The smallest absolute Gasteiger partial charge is 0.143 e. The van der Waals surface area contributed by atoms with Crippen molar-refractivity contribution in [3.63, 3.8) is 0 Å². The molecule has 1 aliphatic heterocycles. The van der Waals surface area contributed by atoms with E-state index in [1.54, 1.807) is 0 Å². The van der Waals surface area contributed by atoms with E-state index in [0.717, 1.165) is 38.5 Å². The third kappa shape index (κ3) is 3.30. The Morgan fingerprint density at radius 1 is 1.11 bits per heavy atom. The Hall–Kier alpha value is -0.750. The van der Waals surface area contributed by atoms with Crippen LogP contribution in [0.2, 0.25) is 0 Å². The summed E-state index contributed by atoms with van der Waals surface area (Å²) >= 11 is 0. The highest BCUT2D eigenvalue weighted by Crippen LogP contribution is 2.73. The number of Topliss-reactive ketones (excluding diaryl/α,β-unsaturated/α-hetero) is 1. The first-order valence-electron chi connectivity index (χ1n) is 14.1. The van der Waals surface area contributed by atoms with E-state index in [1.807, 2.05) is 6.92 Å². The SMILES string of the molecule is C[C@@H](C[C@@H](O)[C@@H]1OC1(C)C)[C@@H]1CC[C@]2(C)C3=CC[C@@H]4[C@](C)([C@H](O)CC(=O)[C@]4(C)CO)[C@H]3CC[C@@]12C. The molecule has 0 unspecified atom stereocenters. The summed E-state index contributed by atoms with van der Waals surface area (Å²) in [5.74, 6) is 1.17. The van der Waals surface area contributed by atoms with E-state index in [9.17, 15) is 20.1 Å². The van der Waals surface area contributed by atoms with E-state index < -0.39 is 23.0 Å². The topological polar surface area (TPSA) is 90.3 Å². The fraction of sp³-hybridized carbons (Fsp3) is 0.900. The lowest BCUT2D eigenvalue weighted by atomic mass is 9.40. The van der Waals surface area contributed by atoms with Gasteiger partial charge in [-0.25, -0.2) is 0 Å². The van der Waals surface area contributed by atoms with Crippen LogP contribution in [0.3, 0.4) is 0 Å². The van der Waals surface area contributed by atoms with Gasteiger partial charge in [-0.15, -0.1) is 0 Å². The molecule has 5 nitrogen and oxygen atoms in total. The van der Waals surface area contributed by atoms with Gasteiger partial charge in [-0.2, -0.15) is 0 Å². The molecule has 35 heavy (non-hydrogen) atoms. The summed E-state index contributed by atoms with van der Waals surface area (Å²) < 4.78 is 5.73. The van der Waals surface area contributed by atoms with Gasteiger partial charge in [0.25, 0.3) is 0 Å². The minimum Gasteiger partial charge on any atom is -0.395 e. The molecule has 5 rings (SSSR count). The van der Waals surface area contributed by atoms with Crippen LogP contribution in [-0.2, 0) is 9.53 Å². The van der Waals surface area contributed by atoms with Crippen LogP contribution < -0.4 is 0 Å². The van der Waals surface area contributed by atoms with Gasteiger partial charge in [0.1, 0.15) is 11.9 Å². The number of fused-ring (bicyclic) bond motifs is 5. The molecule has 3 saturated carbocycles. The van der Waals surface area contributed by atoms with Crippen molar-refractivity contribution in [1.29, 1.82) is 0 Å². The molecule has 0 spiro atoms. The molecule has 0 radical (unpaired) electrons. The molecule has 5 heteroatoms. The zero-order valence-electron chi connectivity index (χ0n) is 22.9. The van der Waals surface area contributed by atoms with Crippen molar-refractivity contribution in [2.45, 2.75) is 117 Å². The monoisotopic (exact) mass is 488 g/mol. The number of rotatable bonds is 5. The first-order chi connectivity index (χ1) is 16.2. The van der Waals surface area contributed by atoms with Gasteiger partial charge in [0.15, 0.2) is 0 Å². The third-order valence-corrected chi connectivity index (χ3v) is 12.6. The van der Waals surface area contributed by atoms with E-state index in [2.05, 4.69) is 47.6 Å². The van der Waals surface area contributed by atoms with Gasteiger partial charge in [0.2, 0.25) is 0 Å². The Morgan fingerprint density at radius 3 is 2.37 bits per heavy atom. The second-order valence-corrected chi connectivity index (χ2v) is 14.4.